The molecule has 2 amide bonds. The summed E-state index contributed by atoms with van der Waals surface area (Å²) >= 11 is 0. The van der Waals surface area contributed by atoms with E-state index in [1.54, 1.807) is 11.9 Å². The molecule has 4 N–H and O–H groups in total. The summed E-state index contributed by atoms with van der Waals surface area (Å²) in [5.74, 6) is -0.0881. The summed E-state index contributed by atoms with van der Waals surface area (Å²) in [7, 11) is 1.58. The predicted octanol–water partition coefficient (Wildman–Crippen LogP) is -0.267. The van der Waals surface area contributed by atoms with E-state index >= 15 is 0 Å². The van der Waals surface area contributed by atoms with Crippen molar-refractivity contribution in [3.8, 4) is 0 Å². The van der Waals surface area contributed by atoms with E-state index in [0.29, 0.717) is 18.7 Å². The molecule has 0 saturated carbocycles. The Morgan fingerprint density at radius 2 is 2.33 bits per heavy atom. The zero-order valence-corrected chi connectivity index (χ0v) is 10.3. The molecule has 1 aliphatic rings. The molecule has 1 atom stereocenters. The van der Waals surface area contributed by atoms with Crippen LogP contribution >= 0.6 is 0 Å². The molecule has 1 unspecified atom stereocenters. The highest BCUT2D eigenvalue weighted by Crippen LogP contribution is 2.19. The van der Waals surface area contributed by atoms with E-state index in [4.69, 9.17) is 5.73 Å². The van der Waals surface area contributed by atoms with Crippen molar-refractivity contribution in [1.82, 2.24) is 20.4 Å². The third kappa shape index (κ3) is 2.29. The first kappa shape index (κ1) is 12.4. The lowest BCUT2D eigenvalue weighted by atomic mass is 10.0. The quantitative estimate of drug-likeness (QED) is 0.673. The second-order valence-corrected chi connectivity index (χ2v) is 4.33. The molecule has 1 aromatic heterocycles. The number of aromatic amines is 1. The first-order chi connectivity index (χ1) is 8.63. The van der Waals surface area contributed by atoms with Crippen LogP contribution in [-0.2, 0) is 4.79 Å². The van der Waals surface area contributed by atoms with Gasteiger partial charge in [-0.1, -0.05) is 0 Å². The number of carbonyl (C=O) groups is 2. The molecule has 0 aliphatic carbocycles. The number of nitrogens with two attached hydrogens (primary N) is 1. The Kier molecular flexibility index (Phi) is 3.50. The van der Waals surface area contributed by atoms with Gasteiger partial charge in [-0.15, -0.1) is 0 Å². The smallest absolute Gasteiger partial charge is 0.272 e. The van der Waals surface area contributed by atoms with E-state index in [1.807, 2.05) is 0 Å². The van der Waals surface area contributed by atoms with Crippen LogP contribution in [0.15, 0.2) is 6.07 Å². The van der Waals surface area contributed by atoms with Crippen LogP contribution in [-0.4, -0.2) is 46.5 Å². The molecular formula is C11H17N5O2. The van der Waals surface area contributed by atoms with Gasteiger partial charge in [0.15, 0.2) is 0 Å². The Hall–Kier alpha value is -2.05. The third-order valence-corrected chi connectivity index (χ3v) is 3.14. The number of hydrogen-bond donors (Lipinski definition) is 3. The van der Waals surface area contributed by atoms with Gasteiger partial charge in [-0.2, -0.15) is 5.10 Å². The molecule has 1 fully saturated rings. The minimum atomic E-state index is -0.402. The summed E-state index contributed by atoms with van der Waals surface area (Å²) in [5.41, 5.74) is 5.80. The lowest BCUT2D eigenvalue weighted by Crippen LogP contribution is -2.51. The number of carbonyl (C=O) groups excluding carboxylic acids is 2. The number of rotatable bonds is 2. The molecule has 1 aromatic rings. The maximum absolute atomic E-state index is 12.3. The number of piperidine rings is 1. The molecule has 18 heavy (non-hydrogen) atoms. The van der Waals surface area contributed by atoms with Gasteiger partial charge in [0.25, 0.3) is 5.91 Å². The molecule has 0 radical (unpaired) electrons. The molecule has 98 valence electrons. The van der Waals surface area contributed by atoms with E-state index in [9.17, 15) is 9.59 Å². The molecule has 1 aliphatic heterocycles. The number of anilines is 1. The van der Waals surface area contributed by atoms with Crippen LogP contribution in [0.25, 0.3) is 0 Å². The molecule has 7 nitrogen and oxygen atoms in total. The summed E-state index contributed by atoms with van der Waals surface area (Å²) < 4.78 is 0. The minimum Gasteiger partial charge on any atom is -0.382 e. The van der Waals surface area contributed by atoms with Crippen molar-refractivity contribution in [2.75, 3.05) is 19.3 Å². The van der Waals surface area contributed by atoms with Crippen LogP contribution in [0.3, 0.4) is 0 Å². The Bertz CT molecular complexity index is 456. The fourth-order valence-corrected chi connectivity index (χ4v) is 2.22. The van der Waals surface area contributed by atoms with Crippen LogP contribution in [0.4, 0.5) is 5.82 Å². The van der Waals surface area contributed by atoms with Gasteiger partial charge in [-0.05, 0) is 19.3 Å². The average Bonchev–Trinajstić information content (AvgIpc) is 2.83. The fraction of sp³-hybridized carbons (Fsp3) is 0.545. The summed E-state index contributed by atoms with van der Waals surface area (Å²) in [6.07, 6.45) is 2.55. The maximum atomic E-state index is 12.3. The maximum Gasteiger partial charge on any atom is 0.272 e. The molecular weight excluding hydrogens is 234 g/mol. The Balaban J connectivity index is 2.18. The normalized spacial score (nSPS) is 19.6. The van der Waals surface area contributed by atoms with Gasteiger partial charge in [0, 0.05) is 19.7 Å². The van der Waals surface area contributed by atoms with E-state index in [2.05, 4.69) is 15.5 Å². The van der Waals surface area contributed by atoms with Crippen molar-refractivity contribution in [1.29, 1.82) is 0 Å². The van der Waals surface area contributed by atoms with Gasteiger partial charge in [0.1, 0.15) is 17.6 Å². The van der Waals surface area contributed by atoms with Gasteiger partial charge in [0.05, 0.1) is 0 Å². The first-order valence-corrected chi connectivity index (χ1v) is 5.97. The number of likely N-dealkylation sites (tertiary alicyclic amines) is 1. The molecule has 7 heteroatoms. The Morgan fingerprint density at radius 1 is 1.56 bits per heavy atom. The van der Waals surface area contributed by atoms with Crippen molar-refractivity contribution in [2.45, 2.75) is 25.3 Å². The van der Waals surface area contributed by atoms with Crippen LogP contribution in [0.1, 0.15) is 29.8 Å². The van der Waals surface area contributed by atoms with Crippen molar-refractivity contribution < 1.29 is 9.59 Å². The second-order valence-electron chi connectivity index (χ2n) is 4.33. The summed E-state index contributed by atoms with van der Waals surface area (Å²) in [6.45, 7) is 0.579. The number of amides is 2. The molecule has 0 spiro atoms. The minimum absolute atomic E-state index is 0.129. The van der Waals surface area contributed by atoms with Gasteiger partial charge in [0.2, 0.25) is 5.91 Å². The number of hydrogen-bond acceptors (Lipinski definition) is 4. The zero-order chi connectivity index (χ0) is 13.1. The number of nitrogens with one attached hydrogen (secondary N) is 2. The van der Waals surface area contributed by atoms with Crippen molar-refractivity contribution in [3.63, 3.8) is 0 Å². The lowest BCUT2D eigenvalue weighted by Gasteiger charge is -2.34. The van der Waals surface area contributed by atoms with E-state index in [0.717, 1.165) is 12.8 Å². The summed E-state index contributed by atoms with van der Waals surface area (Å²) in [4.78, 5) is 25.6. The molecule has 0 bridgehead atoms. The summed E-state index contributed by atoms with van der Waals surface area (Å²) in [5, 5.41) is 8.90. The fourth-order valence-electron chi connectivity index (χ4n) is 2.22. The second kappa shape index (κ2) is 5.07. The monoisotopic (exact) mass is 251 g/mol. The van der Waals surface area contributed by atoms with Gasteiger partial charge >= 0.3 is 0 Å². The lowest BCUT2D eigenvalue weighted by molar-refractivity contribution is -0.126. The predicted molar refractivity (Wildman–Crippen MR) is 65.7 cm³/mol. The first-order valence-electron chi connectivity index (χ1n) is 5.97. The Labute approximate surface area is 105 Å². The number of nitrogen functional groups attached to an aromatic ring is 1. The van der Waals surface area contributed by atoms with Crippen LogP contribution < -0.4 is 11.1 Å². The van der Waals surface area contributed by atoms with Crippen molar-refractivity contribution in [2.24, 2.45) is 0 Å². The number of nitrogens with zero attached hydrogens (tertiary/aromatic N) is 2. The van der Waals surface area contributed by atoms with Gasteiger partial charge in [-0.25, -0.2) is 0 Å². The summed E-state index contributed by atoms with van der Waals surface area (Å²) in [6, 6.07) is 1.08. The van der Waals surface area contributed by atoms with Crippen LogP contribution in [0.2, 0.25) is 0 Å². The van der Waals surface area contributed by atoms with Crippen molar-refractivity contribution in [3.05, 3.63) is 11.8 Å². The molecule has 1 saturated heterocycles. The van der Waals surface area contributed by atoms with E-state index in [-0.39, 0.29) is 17.6 Å². The zero-order valence-electron chi connectivity index (χ0n) is 10.3. The van der Waals surface area contributed by atoms with E-state index < -0.39 is 6.04 Å². The molecule has 2 heterocycles. The molecule has 0 aromatic carbocycles. The SMILES string of the molecule is CNC(=O)C1CCCCN1C(=O)c1cc(N)n[nH]1. The largest absolute Gasteiger partial charge is 0.382 e. The average molecular weight is 251 g/mol. The van der Waals surface area contributed by atoms with Crippen molar-refractivity contribution >= 4 is 17.6 Å². The topological polar surface area (TPSA) is 104 Å². The highest BCUT2D eigenvalue weighted by Gasteiger charge is 2.32. The van der Waals surface area contributed by atoms with E-state index in [1.165, 1.54) is 6.07 Å². The van der Waals surface area contributed by atoms with Crippen LogP contribution in [0, 0.1) is 0 Å². The third-order valence-electron chi connectivity index (χ3n) is 3.14. The van der Waals surface area contributed by atoms with Crippen LogP contribution in [0.5, 0.6) is 0 Å². The highest BCUT2D eigenvalue weighted by molar-refractivity contribution is 5.96. The standard InChI is InChI=1S/C11H17N5O2/c1-13-10(17)8-4-2-3-5-16(8)11(18)7-6-9(12)15-14-7/h6,8H,2-5H2,1H3,(H,13,17)(H3,12,14,15). The number of H-pyrrole nitrogens is 1. The number of aromatic nitrogens is 2. The van der Waals surface area contributed by atoms with Gasteiger partial charge in [-0.3, -0.25) is 14.7 Å². The molecule has 2 rings (SSSR count). The number of likely N-dealkylation sites (N-methyl/N-ethyl adjacent to an activating group) is 1. The highest BCUT2D eigenvalue weighted by atomic mass is 16.2. The van der Waals surface area contributed by atoms with Gasteiger partial charge < -0.3 is 16.0 Å². The Morgan fingerprint density at radius 3 is 2.94 bits per heavy atom.